The summed E-state index contributed by atoms with van der Waals surface area (Å²) in [5.41, 5.74) is 2.50. The largest absolute Gasteiger partial charge is 0.492 e. The van der Waals surface area contributed by atoms with Crippen LogP contribution in [-0.2, 0) is 14.8 Å². The third-order valence-electron chi connectivity index (χ3n) is 4.56. The van der Waals surface area contributed by atoms with E-state index < -0.39 is 16.1 Å². The molecular weight excluding hydrogens is 412 g/mol. The molecule has 0 saturated carbocycles. The van der Waals surface area contributed by atoms with Crippen LogP contribution >= 0.6 is 11.6 Å². The van der Waals surface area contributed by atoms with Crippen molar-refractivity contribution in [1.29, 1.82) is 0 Å². The van der Waals surface area contributed by atoms with Crippen LogP contribution < -0.4 is 14.4 Å². The van der Waals surface area contributed by atoms with E-state index in [0.717, 1.165) is 17.4 Å². The molecule has 2 aromatic carbocycles. The van der Waals surface area contributed by atoms with Crippen LogP contribution in [0.2, 0.25) is 5.02 Å². The Kier molecular flexibility index (Phi) is 7.93. The molecule has 2 aromatic rings. The first-order valence-electron chi connectivity index (χ1n) is 9.36. The van der Waals surface area contributed by atoms with Crippen LogP contribution in [-0.4, -0.2) is 39.8 Å². The fourth-order valence-corrected chi connectivity index (χ4v) is 4.24. The summed E-state index contributed by atoms with van der Waals surface area (Å²) < 4.78 is 31.7. The molecule has 0 saturated heterocycles. The number of carbonyl (C=O) groups excluding carboxylic acids is 1. The average Bonchev–Trinajstić information content (AvgIpc) is 2.66. The summed E-state index contributed by atoms with van der Waals surface area (Å²) in [6, 6.07) is 11.4. The quantitative estimate of drug-likeness (QED) is 0.606. The number of halogens is 1. The van der Waals surface area contributed by atoms with E-state index in [2.05, 4.69) is 5.32 Å². The molecule has 0 aliphatic heterocycles. The van der Waals surface area contributed by atoms with Gasteiger partial charge in [-0.1, -0.05) is 24.6 Å². The minimum atomic E-state index is -3.65. The lowest BCUT2D eigenvalue weighted by Gasteiger charge is -2.30. The van der Waals surface area contributed by atoms with Crippen LogP contribution in [0.25, 0.3) is 0 Å². The molecule has 1 N–H and O–H groups in total. The summed E-state index contributed by atoms with van der Waals surface area (Å²) in [5.74, 6) is 0.277. The van der Waals surface area contributed by atoms with Crippen molar-refractivity contribution in [2.24, 2.45) is 0 Å². The first-order chi connectivity index (χ1) is 13.6. The summed E-state index contributed by atoms with van der Waals surface area (Å²) >= 11 is 5.83. The Labute approximate surface area is 177 Å². The highest BCUT2D eigenvalue weighted by Crippen LogP contribution is 2.25. The number of rotatable bonds is 9. The highest BCUT2D eigenvalue weighted by molar-refractivity contribution is 7.92. The number of amides is 1. The minimum Gasteiger partial charge on any atom is -0.492 e. The van der Waals surface area contributed by atoms with Gasteiger partial charge in [-0.3, -0.25) is 9.10 Å². The fourth-order valence-electron chi connectivity index (χ4n) is 2.91. The average molecular weight is 439 g/mol. The number of nitrogens with zero attached hydrogens (tertiary/aromatic N) is 1. The van der Waals surface area contributed by atoms with Crippen LogP contribution in [0.1, 0.15) is 24.5 Å². The van der Waals surface area contributed by atoms with Gasteiger partial charge in [0.25, 0.3) is 0 Å². The van der Waals surface area contributed by atoms with Gasteiger partial charge in [-0.05, 0) is 67.8 Å². The zero-order valence-electron chi connectivity index (χ0n) is 17.1. The molecule has 29 heavy (non-hydrogen) atoms. The molecule has 0 bridgehead atoms. The highest BCUT2D eigenvalue weighted by Gasteiger charge is 2.31. The van der Waals surface area contributed by atoms with E-state index in [0.29, 0.717) is 22.9 Å². The summed E-state index contributed by atoms with van der Waals surface area (Å²) in [7, 11) is -3.65. The highest BCUT2D eigenvalue weighted by atomic mass is 35.5. The molecule has 2 rings (SSSR count). The van der Waals surface area contributed by atoms with Gasteiger partial charge in [0.2, 0.25) is 15.9 Å². The maximum Gasteiger partial charge on any atom is 0.244 e. The first kappa shape index (κ1) is 23.0. The number of benzene rings is 2. The molecule has 0 fully saturated rings. The zero-order valence-corrected chi connectivity index (χ0v) is 18.7. The normalized spacial score (nSPS) is 12.3. The Morgan fingerprint density at radius 3 is 2.34 bits per heavy atom. The number of hydrogen-bond donors (Lipinski definition) is 1. The third kappa shape index (κ3) is 6.37. The lowest BCUT2D eigenvalue weighted by atomic mass is 10.1. The molecule has 0 radical (unpaired) electrons. The number of nitrogens with one attached hydrogen (secondary N) is 1. The zero-order chi connectivity index (χ0) is 21.6. The van der Waals surface area contributed by atoms with E-state index in [9.17, 15) is 13.2 Å². The lowest BCUT2D eigenvalue weighted by Crippen LogP contribution is -2.50. The van der Waals surface area contributed by atoms with E-state index in [4.69, 9.17) is 16.3 Å². The third-order valence-corrected chi connectivity index (χ3v) is 5.99. The topological polar surface area (TPSA) is 75.7 Å². The van der Waals surface area contributed by atoms with E-state index >= 15 is 0 Å². The molecule has 8 heteroatoms. The number of hydrogen-bond acceptors (Lipinski definition) is 4. The van der Waals surface area contributed by atoms with Crippen LogP contribution in [0.15, 0.2) is 42.5 Å². The second-order valence-corrected chi connectivity index (χ2v) is 9.14. The van der Waals surface area contributed by atoms with E-state index in [1.54, 1.807) is 43.3 Å². The number of aryl methyl sites for hydroxylation is 2. The SMILES string of the molecule is CC[C@H](C(=O)NCCOc1ccc(Cl)cc1)N(c1ccc(C)c(C)c1)S(C)(=O)=O. The summed E-state index contributed by atoms with van der Waals surface area (Å²) in [4.78, 5) is 12.8. The first-order valence-corrected chi connectivity index (χ1v) is 11.6. The molecule has 0 unspecified atom stereocenters. The Bertz CT molecular complexity index is 946. The molecule has 0 heterocycles. The number of carbonyl (C=O) groups is 1. The number of ether oxygens (including phenoxy) is 1. The molecule has 0 aromatic heterocycles. The van der Waals surface area contributed by atoms with Crippen LogP contribution in [0.5, 0.6) is 5.75 Å². The van der Waals surface area contributed by atoms with Gasteiger partial charge in [0.05, 0.1) is 18.5 Å². The van der Waals surface area contributed by atoms with Crippen molar-refractivity contribution in [3.05, 3.63) is 58.6 Å². The molecule has 1 atom stereocenters. The fraction of sp³-hybridized carbons (Fsp3) is 0.381. The maximum atomic E-state index is 12.8. The molecule has 0 aliphatic rings. The predicted molar refractivity (Wildman–Crippen MR) is 117 cm³/mol. The van der Waals surface area contributed by atoms with Crippen molar-refractivity contribution in [3.8, 4) is 5.75 Å². The monoisotopic (exact) mass is 438 g/mol. The van der Waals surface area contributed by atoms with Gasteiger partial charge in [0, 0.05) is 5.02 Å². The second kappa shape index (κ2) is 9.98. The molecule has 0 spiro atoms. The summed E-state index contributed by atoms with van der Waals surface area (Å²) in [6.45, 7) is 6.16. The van der Waals surface area contributed by atoms with Crippen molar-refractivity contribution in [3.63, 3.8) is 0 Å². The van der Waals surface area contributed by atoms with Gasteiger partial charge in [-0.2, -0.15) is 0 Å². The van der Waals surface area contributed by atoms with E-state index in [1.807, 2.05) is 19.9 Å². The van der Waals surface area contributed by atoms with Crippen molar-refractivity contribution in [2.75, 3.05) is 23.7 Å². The van der Waals surface area contributed by atoms with Crippen LogP contribution in [0, 0.1) is 13.8 Å². The van der Waals surface area contributed by atoms with Gasteiger partial charge >= 0.3 is 0 Å². The Hall–Kier alpha value is -2.25. The summed E-state index contributed by atoms with van der Waals surface area (Å²) in [6.07, 6.45) is 1.45. The van der Waals surface area contributed by atoms with Crippen molar-refractivity contribution in [2.45, 2.75) is 33.2 Å². The van der Waals surface area contributed by atoms with Gasteiger partial charge in [0.1, 0.15) is 18.4 Å². The van der Waals surface area contributed by atoms with Crippen molar-refractivity contribution in [1.82, 2.24) is 5.32 Å². The lowest BCUT2D eigenvalue weighted by molar-refractivity contribution is -0.122. The van der Waals surface area contributed by atoms with Gasteiger partial charge in [0.15, 0.2) is 0 Å². The van der Waals surface area contributed by atoms with Gasteiger partial charge in [-0.15, -0.1) is 0 Å². The molecule has 6 nitrogen and oxygen atoms in total. The Morgan fingerprint density at radius 2 is 1.79 bits per heavy atom. The molecule has 0 aliphatic carbocycles. The Balaban J connectivity index is 2.07. The molecular formula is C21H27ClN2O4S. The Morgan fingerprint density at radius 1 is 1.14 bits per heavy atom. The smallest absolute Gasteiger partial charge is 0.244 e. The van der Waals surface area contributed by atoms with Gasteiger partial charge < -0.3 is 10.1 Å². The molecule has 1 amide bonds. The minimum absolute atomic E-state index is 0.252. The van der Waals surface area contributed by atoms with Crippen molar-refractivity contribution >= 4 is 33.2 Å². The van der Waals surface area contributed by atoms with E-state index in [-0.39, 0.29) is 19.1 Å². The number of anilines is 1. The second-order valence-electron chi connectivity index (χ2n) is 6.84. The standard InChI is InChI=1S/C21H27ClN2O4S/c1-5-20(21(25)23-12-13-28-19-10-7-17(22)8-11-19)24(29(4,26)27)18-9-6-15(2)16(3)14-18/h6-11,14,20H,5,12-13H2,1-4H3,(H,23,25)/t20-/m1/s1. The number of sulfonamides is 1. The van der Waals surface area contributed by atoms with Crippen LogP contribution in [0.3, 0.4) is 0 Å². The maximum absolute atomic E-state index is 12.8. The van der Waals surface area contributed by atoms with Crippen molar-refractivity contribution < 1.29 is 17.9 Å². The summed E-state index contributed by atoms with van der Waals surface area (Å²) in [5, 5.41) is 3.38. The van der Waals surface area contributed by atoms with E-state index in [1.165, 1.54) is 4.31 Å². The predicted octanol–water partition coefficient (Wildman–Crippen LogP) is 3.70. The van der Waals surface area contributed by atoms with Gasteiger partial charge in [-0.25, -0.2) is 8.42 Å². The van der Waals surface area contributed by atoms with Crippen LogP contribution in [0.4, 0.5) is 5.69 Å². The molecule has 158 valence electrons.